The van der Waals surface area contributed by atoms with E-state index in [0.29, 0.717) is 5.92 Å². The molecule has 1 saturated carbocycles. The summed E-state index contributed by atoms with van der Waals surface area (Å²) in [4.78, 5) is 17.3. The molecule has 3 rings (SSSR count). The molecule has 1 N–H and O–H groups in total. The van der Waals surface area contributed by atoms with Gasteiger partial charge in [-0.05, 0) is 41.8 Å². The predicted molar refractivity (Wildman–Crippen MR) is 72.5 cm³/mol. The summed E-state index contributed by atoms with van der Waals surface area (Å²) in [5, 5.41) is 1.14. The minimum absolute atomic E-state index is 0.116. The number of fused-ring (bicyclic) bond motifs is 1. The van der Waals surface area contributed by atoms with Gasteiger partial charge in [0.1, 0.15) is 0 Å². The Balaban J connectivity index is 1.77. The van der Waals surface area contributed by atoms with Crippen molar-refractivity contribution in [1.29, 1.82) is 0 Å². The number of carbonyl (C=O) groups is 1. The smallest absolute Gasteiger partial charge is 0.253 e. The second kappa shape index (κ2) is 4.16. The van der Waals surface area contributed by atoms with Crippen molar-refractivity contribution in [3.8, 4) is 0 Å². The van der Waals surface area contributed by atoms with Gasteiger partial charge in [-0.15, -0.1) is 0 Å². The molecule has 0 aliphatic heterocycles. The highest BCUT2D eigenvalue weighted by atomic mass is 16.2. The van der Waals surface area contributed by atoms with Gasteiger partial charge in [-0.25, -0.2) is 0 Å². The Bertz CT molecular complexity index is 587. The first kappa shape index (κ1) is 11.3. The second-order valence-corrected chi connectivity index (χ2v) is 5.44. The number of carbonyl (C=O) groups excluding carboxylic acids is 1. The van der Waals surface area contributed by atoms with Gasteiger partial charge in [0, 0.05) is 30.9 Å². The first-order chi connectivity index (χ1) is 8.65. The number of rotatable bonds is 3. The Morgan fingerprint density at radius 1 is 1.44 bits per heavy atom. The highest BCUT2D eigenvalue weighted by Crippen LogP contribution is 2.38. The van der Waals surface area contributed by atoms with E-state index in [4.69, 9.17) is 0 Å². The Hall–Kier alpha value is -1.77. The average Bonchev–Trinajstić information content (AvgIpc) is 2.89. The van der Waals surface area contributed by atoms with Crippen molar-refractivity contribution in [2.24, 2.45) is 11.8 Å². The Labute approximate surface area is 107 Å². The molecule has 1 aliphatic carbocycles. The molecule has 1 aliphatic rings. The fourth-order valence-electron chi connectivity index (χ4n) is 2.49. The van der Waals surface area contributed by atoms with Crippen LogP contribution in [0.5, 0.6) is 0 Å². The van der Waals surface area contributed by atoms with Gasteiger partial charge in [-0.2, -0.15) is 0 Å². The molecule has 18 heavy (non-hydrogen) atoms. The van der Waals surface area contributed by atoms with Crippen LogP contribution in [0.1, 0.15) is 23.7 Å². The quantitative estimate of drug-likeness (QED) is 0.882. The standard InChI is InChI=1S/C15H18N2O/c1-10-7-13(10)9-17(2)15(18)12-4-3-11-5-6-16-14(11)8-12/h3-6,8,10,13,16H,7,9H2,1-2H3. The molecule has 3 heteroatoms. The van der Waals surface area contributed by atoms with Crippen molar-refractivity contribution in [3.05, 3.63) is 36.0 Å². The van der Waals surface area contributed by atoms with E-state index in [9.17, 15) is 4.79 Å². The lowest BCUT2D eigenvalue weighted by Gasteiger charge is -2.17. The molecule has 0 spiro atoms. The molecular formula is C15H18N2O. The molecule has 0 saturated heterocycles. The van der Waals surface area contributed by atoms with Gasteiger partial charge in [0.25, 0.3) is 5.91 Å². The number of benzene rings is 1. The van der Waals surface area contributed by atoms with E-state index >= 15 is 0 Å². The lowest BCUT2D eigenvalue weighted by molar-refractivity contribution is 0.0787. The number of nitrogens with zero attached hydrogens (tertiary/aromatic N) is 1. The summed E-state index contributed by atoms with van der Waals surface area (Å²) in [6.45, 7) is 3.12. The summed E-state index contributed by atoms with van der Waals surface area (Å²) in [7, 11) is 1.90. The summed E-state index contributed by atoms with van der Waals surface area (Å²) in [5.41, 5.74) is 1.79. The molecule has 2 unspecified atom stereocenters. The van der Waals surface area contributed by atoms with Crippen LogP contribution in [-0.4, -0.2) is 29.4 Å². The van der Waals surface area contributed by atoms with E-state index in [1.54, 1.807) is 0 Å². The molecule has 2 atom stereocenters. The minimum atomic E-state index is 0.116. The van der Waals surface area contributed by atoms with Gasteiger partial charge in [0.2, 0.25) is 0 Å². The molecule has 0 radical (unpaired) electrons. The topological polar surface area (TPSA) is 36.1 Å². The first-order valence-corrected chi connectivity index (χ1v) is 6.48. The number of hydrogen-bond donors (Lipinski definition) is 1. The average molecular weight is 242 g/mol. The van der Waals surface area contributed by atoms with Gasteiger partial charge in [0.05, 0.1) is 0 Å². The van der Waals surface area contributed by atoms with E-state index in [1.165, 1.54) is 6.42 Å². The van der Waals surface area contributed by atoms with Crippen molar-refractivity contribution in [1.82, 2.24) is 9.88 Å². The van der Waals surface area contributed by atoms with Crippen molar-refractivity contribution in [3.63, 3.8) is 0 Å². The lowest BCUT2D eigenvalue weighted by atomic mass is 10.1. The first-order valence-electron chi connectivity index (χ1n) is 6.48. The number of amides is 1. The lowest BCUT2D eigenvalue weighted by Crippen LogP contribution is -2.29. The molecule has 3 nitrogen and oxygen atoms in total. The maximum Gasteiger partial charge on any atom is 0.253 e. The Morgan fingerprint density at radius 2 is 2.22 bits per heavy atom. The minimum Gasteiger partial charge on any atom is -0.361 e. The molecule has 2 aromatic rings. The van der Waals surface area contributed by atoms with E-state index < -0.39 is 0 Å². The van der Waals surface area contributed by atoms with Crippen molar-refractivity contribution in [2.45, 2.75) is 13.3 Å². The van der Waals surface area contributed by atoms with E-state index in [-0.39, 0.29) is 5.91 Å². The van der Waals surface area contributed by atoms with Gasteiger partial charge in [-0.3, -0.25) is 4.79 Å². The van der Waals surface area contributed by atoms with Crippen LogP contribution in [-0.2, 0) is 0 Å². The third kappa shape index (κ3) is 2.01. The van der Waals surface area contributed by atoms with Crippen LogP contribution in [0.25, 0.3) is 10.9 Å². The van der Waals surface area contributed by atoms with Crippen molar-refractivity contribution < 1.29 is 4.79 Å². The van der Waals surface area contributed by atoms with Gasteiger partial charge in [0.15, 0.2) is 0 Å². The summed E-state index contributed by atoms with van der Waals surface area (Å²) < 4.78 is 0. The predicted octanol–water partition coefficient (Wildman–Crippen LogP) is 2.90. The monoisotopic (exact) mass is 242 g/mol. The highest BCUT2D eigenvalue weighted by Gasteiger charge is 2.34. The number of nitrogens with one attached hydrogen (secondary N) is 1. The van der Waals surface area contributed by atoms with Gasteiger partial charge < -0.3 is 9.88 Å². The molecule has 1 aromatic carbocycles. The normalized spacial score (nSPS) is 22.1. The number of H-pyrrole nitrogens is 1. The van der Waals surface area contributed by atoms with Crippen LogP contribution < -0.4 is 0 Å². The van der Waals surface area contributed by atoms with Gasteiger partial charge in [-0.1, -0.05) is 13.0 Å². The molecule has 1 aromatic heterocycles. The molecule has 0 bridgehead atoms. The Morgan fingerprint density at radius 3 is 2.94 bits per heavy atom. The summed E-state index contributed by atoms with van der Waals surface area (Å²) in [5.74, 6) is 1.60. The highest BCUT2D eigenvalue weighted by molar-refractivity contribution is 5.97. The number of hydrogen-bond acceptors (Lipinski definition) is 1. The van der Waals surface area contributed by atoms with Crippen LogP contribution in [0.4, 0.5) is 0 Å². The molecule has 94 valence electrons. The molecule has 1 amide bonds. The zero-order valence-electron chi connectivity index (χ0n) is 10.8. The van der Waals surface area contributed by atoms with Crippen LogP contribution in [0.2, 0.25) is 0 Å². The van der Waals surface area contributed by atoms with Gasteiger partial charge >= 0.3 is 0 Å². The van der Waals surface area contributed by atoms with E-state index in [1.807, 2.05) is 42.4 Å². The van der Waals surface area contributed by atoms with Crippen LogP contribution in [0.3, 0.4) is 0 Å². The fourth-order valence-corrected chi connectivity index (χ4v) is 2.49. The molecular weight excluding hydrogens is 224 g/mol. The van der Waals surface area contributed by atoms with Crippen molar-refractivity contribution >= 4 is 16.8 Å². The third-order valence-corrected chi connectivity index (χ3v) is 3.93. The van der Waals surface area contributed by atoms with Crippen LogP contribution in [0.15, 0.2) is 30.5 Å². The Kier molecular flexibility index (Phi) is 2.62. The zero-order valence-corrected chi connectivity index (χ0v) is 10.8. The van der Waals surface area contributed by atoms with E-state index in [0.717, 1.165) is 28.9 Å². The second-order valence-electron chi connectivity index (χ2n) is 5.44. The van der Waals surface area contributed by atoms with Crippen molar-refractivity contribution in [2.75, 3.05) is 13.6 Å². The fraction of sp³-hybridized carbons (Fsp3) is 0.400. The van der Waals surface area contributed by atoms with Crippen LogP contribution >= 0.6 is 0 Å². The molecule has 1 heterocycles. The summed E-state index contributed by atoms with van der Waals surface area (Å²) in [6, 6.07) is 7.85. The summed E-state index contributed by atoms with van der Waals surface area (Å²) >= 11 is 0. The third-order valence-electron chi connectivity index (χ3n) is 3.93. The number of aromatic nitrogens is 1. The van der Waals surface area contributed by atoms with Crippen LogP contribution in [0, 0.1) is 11.8 Å². The zero-order chi connectivity index (χ0) is 12.7. The SMILES string of the molecule is CC1CC1CN(C)C(=O)c1ccc2cc[nH]c2c1. The largest absolute Gasteiger partial charge is 0.361 e. The van der Waals surface area contributed by atoms with E-state index in [2.05, 4.69) is 11.9 Å². The maximum atomic E-state index is 12.3. The maximum absolute atomic E-state index is 12.3. The number of aromatic amines is 1. The molecule has 1 fully saturated rings. The summed E-state index contributed by atoms with van der Waals surface area (Å²) in [6.07, 6.45) is 3.15.